The summed E-state index contributed by atoms with van der Waals surface area (Å²) in [5.74, 6) is 0. The second kappa shape index (κ2) is 9.90. The van der Waals surface area contributed by atoms with Crippen molar-refractivity contribution in [1.82, 2.24) is 5.32 Å². The summed E-state index contributed by atoms with van der Waals surface area (Å²) in [6, 6.07) is 5.32. The van der Waals surface area contributed by atoms with Gasteiger partial charge in [-0.3, -0.25) is 0 Å². The molecule has 0 aromatic heterocycles. The molecule has 1 heterocycles. The van der Waals surface area contributed by atoms with E-state index >= 15 is 0 Å². The van der Waals surface area contributed by atoms with Gasteiger partial charge < -0.3 is 5.32 Å². The molecule has 0 spiro atoms. The Balaban J connectivity index is 0.000000573. The molecule has 0 saturated carbocycles. The predicted octanol–water partition coefficient (Wildman–Crippen LogP) is 4.72. The molecule has 1 aromatic rings. The second-order valence-electron chi connectivity index (χ2n) is 4.51. The third kappa shape index (κ3) is 6.15. The molecule has 0 amide bonds. The van der Waals surface area contributed by atoms with Crippen LogP contribution in [0.5, 0.6) is 0 Å². The zero-order chi connectivity index (χ0) is 14.8. The Labute approximate surface area is 116 Å². The largest absolute Gasteiger partial charge is 0.304 e. The van der Waals surface area contributed by atoms with Gasteiger partial charge in [0.2, 0.25) is 0 Å². The maximum absolute atomic E-state index is 12.4. The maximum atomic E-state index is 12.4. The molecule has 1 aliphatic rings. The van der Waals surface area contributed by atoms with Crippen molar-refractivity contribution in [2.45, 2.75) is 66.5 Å². The zero-order valence-electron chi connectivity index (χ0n) is 12.8. The lowest BCUT2D eigenvalue weighted by atomic mass is 9.94. The monoisotopic (exact) mass is 271 g/mol. The summed E-state index contributed by atoms with van der Waals surface area (Å²) in [5.41, 5.74) is 3.39. The Hall–Kier alpha value is -0.960. The van der Waals surface area contributed by atoms with Crippen LogP contribution < -0.4 is 5.32 Å². The van der Waals surface area contributed by atoms with E-state index in [1.807, 2.05) is 32.9 Å². The normalized spacial score (nSPS) is 16.7. The van der Waals surface area contributed by atoms with Crippen LogP contribution in [-0.2, 0) is 13.0 Å². The topological polar surface area (TPSA) is 12.0 Å². The van der Waals surface area contributed by atoms with Gasteiger partial charge in [0, 0.05) is 6.54 Å². The molecule has 2 rings (SSSR count). The van der Waals surface area contributed by atoms with Crippen LogP contribution in [0.2, 0.25) is 0 Å². The fraction of sp³-hybridized carbons (Fsp3) is 0.625. The number of fused-ring (bicyclic) bond motifs is 1. The molecule has 1 atom stereocenters. The van der Waals surface area contributed by atoms with Crippen LogP contribution in [0.15, 0.2) is 18.2 Å². The standard InChI is InChI=1S/C11H13F2N.C3H8.C2H6/c1-7-2-3-8-5-10(11(12)13)14-6-9(8)4-7;1-3-2;1-2/h2-4,10-11,14H,5-6H2,1H3;3H2,1-2H3;1-2H3. The van der Waals surface area contributed by atoms with E-state index in [0.717, 1.165) is 11.1 Å². The molecular formula is C16H27F2N. The summed E-state index contributed by atoms with van der Waals surface area (Å²) in [5, 5.41) is 2.85. The van der Waals surface area contributed by atoms with Crippen molar-refractivity contribution in [2.75, 3.05) is 0 Å². The number of alkyl halides is 2. The molecule has 1 aliphatic heterocycles. The van der Waals surface area contributed by atoms with E-state index in [4.69, 9.17) is 0 Å². The van der Waals surface area contributed by atoms with Gasteiger partial charge >= 0.3 is 0 Å². The molecule has 1 N–H and O–H groups in total. The highest BCUT2D eigenvalue weighted by Crippen LogP contribution is 2.20. The minimum atomic E-state index is -2.27. The van der Waals surface area contributed by atoms with Gasteiger partial charge in [-0.25, -0.2) is 8.78 Å². The molecule has 19 heavy (non-hydrogen) atoms. The Bertz CT molecular complexity index is 351. The van der Waals surface area contributed by atoms with Gasteiger partial charge in [-0.15, -0.1) is 0 Å². The molecule has 1 aromatic carbocycles. The maximum Gasteiger partial charge on any atom is 0.254 e. The minimum absolute atomic E-state index is 0.438. The molecule has 0 saturated heterocycles. The lowest BCUT2D eigenvalue weighted by Gasteiger charge is -2.25. The number of hydrogen-bond donors (Lipinski definition) is 1. The van der Waals surface area contributed by atoms with Crippen molar-refractivity contribution in [3.63, 3.8) is 0 Å². The Kier molecular flexibility index (Phi) is 9.40. The first-order valence-corrected chi connectivity index (χ1v) is 7.18. The first-order valence-electron chi connectivity index (χ1n) is 7.18. The van der Waals surface area contributed by atoms with Gasteiger partial charge in [0.15, 0.2) is 0 Å². The lowest BCUT2D eigenvalue weighted by Crippen LogP contribution is -2.40. The van der Waals surface area contributed by atoms with Crippen LogP contribution >= 0.6 is 0 Å². The summed E-state index contributed by atoms with van der Waals surface area (Å²) in [6.45, 7) is 10.8. The van der Waals surface area contributed by atoms with Crippen molar-refractivity contribution in [2.24, 2.45) is 0 Å². The molecule has 0 bridgehead atoms. The van der Waals surface area contributed by atoms with Crippen LogP contribution in [0.4, 0.5) is 8.78 Å². The number of hydrogen-bond acceptors (Lipinski definition) is 1. The third-order valence-electron chi connectivity index (χ3n) is 2.66. The van der Waals surface area contributed by atoms with E-state index in [1.165, 1.54) is 12.0 Å². The summed E-state index contributed by atoms with van der Waals surface area (Å²) in [6.07, 6.45) is -0.586. The average Bonchev–Trinajstić information content (AvgIpc) is 2.41. The Morgan fingerprint density at radius 1 is 1.21 bits per heavy atom. The van der Waals surface area contributed by atoms with Crippen molar-refractivity contribution >= 4 is 0 Å². The average molecular weight is 271 g/mol. The van der Waals surface area contributed by atoms with Gasteiger partial charge in [-0.1, -0.05) is 57.9 Å². The highest BCUT2D eigenvalue weighted by atomic mass is 19.3. The highest BCUT2D eigenvalue weighted by Gasteiger charge is 2.24. The van der Waals surface area contributed by atoms with Crippen LogP contribution in [0.3, 0.4) is 0 Å². The molecular weight excluding hydrogens is 244 g/mol. The molecule has 3 heteroatoms. The Morgan fingerprint density at radius 2 is 1.79 bits per heavy atom. The minimum Gasteiger partial charge on any atom is -0.304 e. The number of benzene rings is 1. The van der Waals surface area contributed by atoms with Crippen LogP contribution in [-0.4, -0.2) is 12.5 Å². The molecule has 0 radical (unpaired) electrons. The fourth-order valence-electron chi connectivity index (χ4n) is 1.85. The quantitative estimate of drug-likeness (QED) is 0.779. The van der Waals surface area contributed by atoms with Crippen molar-refractivity contribution in [1.29, 1.82) is 0 Å². The third-order valence-corrected chi connectivity index (χ3v) is 2.66. The number of rotatable bonds is 1. The van der Waals surface area contributed by atoms with E-state index in [2.05, 4.69) is 25.2 Å². The van der Waals surface area contributed by atoms with Crippen LogP contribution in [0.1, 0.15) is 50.8 Å². The molecule has 0 fully saturated rings. The predicted molar refractivity (Wildman–Crippen MR) is 78.8 cm³/mol. The van der Waals surface area contributed by atoms with E-state index in [-0.39, 0.29) is 0 Å². The lowest BCUT2D eigenvalue weighted by molar-refractivity contribution is 0.0942. The van der Waals surface area contributed by atoms with E-state index in [0.29, 0.717) is 13.0 Å². The van der Waals surface area contributed by atoms with Crippen LogP contribution in [0.25, 0.3) is 0 Å². The van der Waals surface area contributed by atoms with Crippen LogP contribution in [0, 0.1) is 6.92 Å². The van der Waals surface area contributed by atoms with E-state index in [1.54, 1.807) is 0 Å². The summed E-state index contributed by atoms with van der Waals surface area (Å²) in [4.78, 5) is 0. The van der Waals surface area contributed by atoms with Gasteiger partial charge in [0.1, 0.15) is 0 Å². The van der Waals surface area contributed by atoms with Gasteiger partial charge in [0.05, 0.1) is 6.04 Å². The zero-order valence-corrected chi connectivity index (χ0v) is 12.8. The second-order valence-corrected chi connectivity index (χ2v) is 4.51. The molecule has 110 valence electrons. The SMILES string of the molecule is CC.CCC.Cc1ccc2c(c1)CNC(C(F)F)C2. The molecule has 0 aliphatic carbocycles. The number of aryl methyl sites for hydroxylation is 1. The Morgan fingerprint density at radius 3 is 2.32 bits per heavy atom. The van der Waals surface area contributed by atoms with Gasteiger partial charge in [-0.2, -0.15) is 0 Å². The van der Waals surface area contributed by atoms with Gasteiger partial charge in [-0.05, 0) is 24.5 Å². The highest BCUT2D eigenvalue weighted by molar-refractivity contribution is 5.33. The molecule has 1 unspecified atom stereocenters. The summed E-state index contributed by atoms with van der Waals surface area (Å²) >= 11 is 0. The van der Waals surface area contributed by atoms with Crippen molar-refractivity contribution in [3.05, 3.63) is 34.9 Å². The smallest absolute Gasteiger partial charge is 0.254 e. The summed E-state index contributed by atoms with van der Waals surface area (Å²) in [7, 11) is 0. The van der Waals surface area contributed by atoms with Crippen molar-refractivity contribution < 1.29 is 8.78 Å². The first-order chi connectivity index (χ1) is 9.08. The first kappa shape index (κ1) is 18.0. The van der Waals surface area contributed by atoms with Gasteiger partial charge in [0.25, 0.3) is 6.43 Å². The fourth-order valence-corrected chi connectivity index (χ4v) is 1.85. The molecule has 1 nitrogen and oxygen atoms in total. The van der Waals surface area contributed by atoms with E-state index in [9.17, 15) is 8.78 Å². The number of halogens is 2. The van der Waals surface area contributed by atoms with Crippen molar-refractivity contribution in [3.8, 4) is 0 Å². The van der Waals surface area contributed by atoms with E-state index < -0.39 is 12.5 Å². The number of nitrogens with one attached hydrogen (secondary N) is 1. The summed E-state index contributed by atoms with van der Waals surface area (Å²) < 4.78 is 24.9.